The molecule has 0 bridgehead atoms. The van der Waals surface area contributed by atoms with Crippen LogP contribution in [-0.2, 0) is 0 Å². The van der Waals surface area contributed by atoms with E-state index in [0.29, 0.717) is 23.8 Å². The van der Waals surface area contributed by atoms with Crippen LogP contribution in [0.5, 0.6) is 0 Å². The molecule has 1 aliphatic rings. The predicted molar refractivity (Wildman–Crippen MR) is 49.0 cm³/mol. The molecule has 0 aromatic carbocycles. The number of hydrogen-bond acceptors (Lipinski definition) is 1. The lowest BCUT2D eigenvalue weighted by molar-refractivity contribution is -0.148. The molecule has 0 radical (unpaired) electrons. The van der Waals surface area contributed by atoms with E-state index in [1.165, 1.54) is 4.90 Å². The first-order valence-corrected chi connectivity index (χ1v) is 5.23. The SMILES string of the molecule is CC1CN(CC(F)(F)F)CCC1Br. The number of rotatable bonds is 1. The van der Waals surface area contributed by atoms with Crippen molar-refractivity contribution in [2.45, 2.75) is 24.3 Å². The summed E-state index contributed by atoms with van der Waals surface area (Å²) in [5, 5.41) is 0. The van der Waals surface area contributed by atoms with E-state index < -0.39 is 12.7 Å². The molecule has 2 unspecified atom stereocenters. The lowest BCUT2D eigenvalue weighted by atomic mass is 10.0. The van der Waals surface area contributed by atoms with Crippen molar-refractivity contribution in [3.8, 4) is 0 Å². The Balaban J connectivity index is 2.38. The maximum atomic E-state index is 12.0. The van der Waals surface area contributed by atoms with E-state index in [1.54, 1.807) is 0 Å². The molecule has 0 aliphatic carbocycles. The van der Waals surface area contributed by atoms with E-state index >= 15 is 0 Å². The quantitative estimate of drug-likeness (QED) is 0.655. The molecule has 0 aromatic rings. The molecule has 0 saturated carbocycles. The Labute approximate surface area is 84.4 Å². The van der Waals surface area contributed by atoms with Gasteiger partial charge in [0, 0.05) is 11.4 Å². The summed E-state index contributed by atoms with van der Waals surface area (Å²) in [6.45, 7) is 2.29. The average Bonchev–Trinajstić information content (AvgIpc) is 1.94. The van der Waals surface area contributed by atoms with Gasteiger partial charge in [0.2, 0.25) is 0 Å². The maximum absolute atomic E-state index is 12.0. The Morgan fingerprint density at radius 3 is 2.54 bits per heavy atom. The molecule has 1 rings (SSSR count). The van der Waals surface area contributed by atoms with Crippen LogP contribution in [0.1, 0.15) is 13.3 Å². The molecular weight excluding hydrogens is 247 g/mol. The Bertz CT molecular complexity index is 171. The molecule has 13 heavy (non-hydrogen) atoms. The number of halogens is 4. The minimum absolute atomic E-state index is 0.302. The van der Waals surface area contributed by atoms with Crippen LogP contribution in [0.2, 0.25) is 0 Å². The predicted octanol–water partition coefficient (Wildman–Crippen LogP) is 2.65. The molecule has 5 heteroatoms. The van der Waals surface area contributed by atoms with Crippen molar-refractivity contribution in [3.63, 3.8) is 0 Å². The summed E-state index contributed by atoms with van der Waals surface area (Å²) in [7, 11) is 0. The molecule has 1 fully saturated rings. The summed E-state index contributed by atoms with van der Waals surface area (Å²) in [5.41, 5.74) is 0. The summed E-state index contributed by atoms with van der Waals surface area (Å²) >= 11 is 3.45. The van der Waals surface area contributed by atoms with Gasteiger partial charge in [-0.25, -0.2) is 0 Å². The molecule has 0 N–H and O–H groups in total. The van der Waals surface area contributed by atoms with Crippen LogP contribution in [0.25, 0.3) is 0 Å². The summed E-state index contributed by atoms with van der Waals surface area (Å²) in [5.74, 6) is 0.302. The first kappa shape index (κ1) is 11.3. The van der Waals surface area contributed by atoms with Gasteiger partial charge in [0.1, 0.15) is 0 Å². The van der Waals surface area contributed by atoms with Crippen molar-refractivity contribution in [3.05, 3.63) is 0 Å². The van der Waals surface area contributed by atoms with Crippen LogP contribution in [0.3, 0.4) is 0 Å². The van der Waals surface area contributed by atoms with Crippen molar-refractivity contribution in [2.75, 3.05) is 19.6 Å². The molecule has 78 valence electrons. The second-order valence-corrected chi connectivity index (χ2v) is 4.81. The fourth-order valence-corrected chi connectivity index (χ4v) is 1.97. The fourth-order valence-electron chi connectivity index (χ4n) is 1.60. The van der Waals surface area contributed by atoms with Gasteiger partial charge in [0.25, 0.3) is 0 Å². The zero-order valence-electron chi connectivity index (χ0n) is 7.44. The molecule has 1 heterocycles. The van der Waals surface area contributed by atoms with Gasteiger partial charge in [-0.15, -0.1) is 0 Å². The highest BCUT2D eigenvalue weighted by Crippen LogP contribution is 2.26. The molecule has 0 aromatic heterocycles. The molecule has 1 saturated heterocycles. The van der Waals surface area contributed by atoms with E-state index in [1.807, 2.05) is 6.92 Å². The van der Waals surface area contributed by atoms with Gasteiger partial charge < -0.3 is 0 Å². The van der Waals surface area contributed by atoms with E-state index in [-0.39, 0.29) is 0 Å². The Hall–Kier alpha value is 0.230. The number of nitrogens with zero attached hydrogens (tertiary/aromatic N) is 1. The van der Waals surface area contributed by atoms with Gasteiger partial charge in [-0.2, -0.15) is 13.2 Å². The number of piperidine rings is 1. The van der Waals surface area contributed by atoms with Crippen molar-refractivity contribution in [1.29, 1.82) is 0 Å². The minimum atomic E-state index is -4.06. The Morgan fingerprint density at radius 1 is 1.46 bits per heavy atom. The van der Waals surface area contributed by atoms with E-state index in [0.717, 1.165) is 6.42 Å². The standard InChI is InChI=1S/C8H13BrF3N/c1-6-4-13(3-2-7(6)9)5-8(10,11)12/h6-7H,2-5H2,1H3. The van der Waals surface area contributed by atoms with Gasteiger partial charge in [-0.1, -0.05) is 22.9 Å². The molecule has 0 amide bonds. The van der Waals surface area contributed by atoms with Gasteiger partial charge >= 0.3 is 6.18 Å². The molecular formula is C8H13BrF3N. The van der Waals surface area contributed by atoms with Crippen LogP contribution >= 0.6 is 15.9 Å². The van der Waals surface area contributed by atoms with Crippen LogP contribution in [0, 0.1) is 5.92 Å². The van der Waals surface area contributed by atoms with E-state index in [2.05, 4.69) is 15.9 Å². The number of likely N-dealkylation sites (tertiary alicyclic amines) is 1. The smallest absolute Gasteiger partial charge is 0.295 e. The second-order valence-electron chi connectivity index (χ2n) is 3.63. The van der Waals surface area contributed by atoms with Crippen molar-refractivity contribution in [1.82, 2.24) is 4.90 Å². The number of alkyl halides is 4. The zero-order chi connectivity index (χ0) is 10.1. The Kier molecular flexibility index (Phi) is 3.63. The van der Waals surface area contributed by atoms with Crippen molar-refractivity contribution in [2.24, 2.45) is 5.92 Å². The van der Waals surface area contributed by atoms with Crippen LogP contribution < -0.4 is 0 Å². The summed E-state index contributed by atoms with van der Waals surface area (Å²) in [6.07, 6.45) is -3.25. The van der Waals surface area contributed by atoms with Gasteiger partial charge in [0.05, 0.1) is 6.54 Å². The normalized spacial score (nSPS) is 32.1. The molecule has 2 atom stereocenters. The lowest BCUT2D eigenvalue weighted by Crippen LogP contribution is -2.44. The first-order chi connectivity index (χ1) is 5.88. The Morgan fingerprint density at radius 2 is 2.08 bits per heavy atom. The monoisotopic (exact) mass is 259 g/mol. The third-order valence-corrected chi connectivity index (χ3v) is 3.65. The number of hydrogen-bond donors (Lipinski definition) is 0. The third kappa shape index (κ3) is 3.85. The van der Waals surface area contributed by atoms with Crippen LogP contribution in [0.15, 0.2) is 0 Å². The average molecular weight is 260 g/mol. The highest BCUT2D eigenvalue weighted by Gasteiger charge is 2.33. The minimum Gasteiger partial charge on any atom is -0.295 e. The maximum Gasteiger partial charge on any atom is 0.401 e. The summed E-state index contributed by atoms with van der Waals surface area (Å²) in [6, 6.07) is 0. The summed E-state index contributed by atoms with van der Waals surface area (Å²) < 4.78 is 36.0. The van der Waals surface area contributed by atoms with Gasteiger partial charge in [0.15, 0.2) is 0 Å². The van der Waals surface area contributed by atoms with E-state index in [4.69, 9.17) is 0 Å². The largest absolute Gasteiger partial charge is 0.401 e. The summed E-state index contributed by atoms with van der Waals surface area (Å²) in [4.78, 5) is 1.85. The highest BCUT2D eigenvalue weighted by molar-refractivity contribution is 9.09. The van der Waals surface area contributed by atoms with Gasteiger partial charge in [-0.3, -0.25) is 4.90 Å². The fraction of sp³-hybridized carbons (Fsp3) is 1.00. The van der Waals surface area contributed by atoms with Crippen LogP contribution in [0.4, 0.5) is 13.2 Å². The first-order valence-electron chi connectivity index (χ1n) is 4.31. The van der Waals surface area contributed by atoms with Crippen molar-refractivity contribution < 1.29 is 13.2 Å². The molecule has 0 spiro atoms. The second kappa shape index (κ2) is 4.17. The van der Waals surface area contributed by atoms with E-state index in [9.17, 15) is 13.2 Å². The van der Waals surface area contributed by atoms with Crippen LogP contribution in [-0.4, -0.2) is 35.5 Å². The third-order valence-electron chi connectivity index (χ3n) is 2.29. The lowest BCUT2D eigenvalue weighted by Gasteiger charge is -2.34. The van der Waals surface area contributed by atoms with Crippen molar-refractivity contribution >= 4 is 15.9 Å². The molecule has 1 aliphatic heterocycles. The van der Waals surface area contributed by atoms with Gasteiger partial charge in [-0.05, 0) is 18.9 Å². The topological polar surface area (TPSA) is 3.24 Å². The zero-order valence-corrected chi connectivity index (χ0v) is 9.03. The highest BCUT2D eigenvalue weighted by atomic mass is 79.9. The molecule has 1 nitrogen and oxygen atoms in total.